The number of rotatable bonds is 3. The van der Waals surface area contributed by atoms with Gasteiger partial charge < -0.3 is 9.67 Å². The van der Waals surface area contributed by atoms with Crippen molar-refractivity contribution in [3.05, 3.63) is 23.5 Å². The molecule has 1 N–H and O–H groups in total. The van der Waals surface area contributed by atoms with Gasteiger partial charge in [-0.15, -0.1) is 0 Å². The number of ketones is 1. The second-order valence-corrected chi connectivity index (χ2v) is 5.08. The zero-order valence-electron chi connectivity index (χ0n) is 10.7. The average Bonchev–Trinajstić information content (AvgIpc) is 2.56. The van der Waals surface area contributed by atoms with Crippen molar-refractivity contribution in [2.45, 2.75) is 38.5 Å². The molecule has 1 aromatic rings. The first kappa shape index (κ1) is 12.9. The van der Waals surface area contributed by atoms with Crippen LogP contribution in [-0.2, 0) is 7.05 Å². The largest absolute Gasteiger partial charge is 0.477 e. The summed E-state index contributed by atoms with van der Waals surface area (Å²) in [5.41, 5.74) is 0.716. The van der Waals surface area contributed by atoms with Crippen LogP contribution >= 0.6 is 0 Å². The fraction of sp³-hybridized carbons (Fsp3) is 0.571. The van der Waals surface area contributed by atoms with Crippen LogP contribution in [-0.4, -0.2) is 21.4 Å². The van der Waals surface area contributed by atoms with E-state index in [1.807, 2.05) is 0 Å². The molecule has 0 radical (unpaired) electrons. The predicted molar refractivity (Wildman–Crippen MR) is 67.9 cm³/mol. The van der Waals surface area contributed by atoms with Gasteiger partial charge in [0, 0.05) is 24.7 Å². The monoisotopic (exact) mass is 249 g/mol. The van der Waals surface area contributed by atoms with Gasteiger partial charge in [-0.05, 0) is 18.9 Å². The Morgan fingerprint density at radius 3 is 2.33 bits per heavy atom. The van der Waals surface area contributed by atoms with Crippen LogP contribution in [0.15, 0.2) is 12.3 Å². The van der Waals surface area contributed by atoms with E-state index in [1.54, 1.807) is 13.2 Å². The molecule has 4 nitrogen and oxygen atoms in total. The second-order valence-electron chi connectivity index (χ2n) is 5.08. The maximum Gasteiger partial charge on any atom is 0.352 e. The van der Waals surface area contributed by atoms with Gasteiger partial charge in [0.15, 0.2) is 5.78 Å². The zero-order valence-corrected chi connectivity index (χ0v) is 10.7. The highest BCUT2D eigenvalue weighted by atomic mass is 16.4. The lowest BCUT2D eigenvalue weighted by Crippen LogP contribution is -2.13. The summed E-state index contributed by atoms with van der Waals surface area (Å²) in [5.74, 6) is -0.797. The molecule has 18 heavy (non-hydrogen) atoms. The molecular weight excluding hydrogens is 230 g/mol. The van der Waals surface area contributed by atoms with E-state index >= 15 is 0 Å². The minimum atomic E-state index is -0.989. The zero-order chi connectivity index (χ0) is 13.1. The van der Waals surface area contributed by atoms with E-state index in [0.29, 0.717) is 5.56 Å². The second kappa shape index (κ2) is 5.38. The lowest BCUT2D eigenvalue weighted by molar-refractivity contribution is 0.0686. The van der Waals surface area contributed by atoms with Crippen LogP contribution in [0.4, 0.5) is 0 Å². The lowest BCUT2D eigenvalue weighted by Gasteiger charge is -2.10. The van der Waals surface area contributed by atoms with Crippen LogP contribution in [0.25, 0.3) is 0 Å². The third kappa shape index (κ3) is 2.63. The maximum atomic E-state index is 12.3. The van der Waals surface area contributed by atoms with Crippen LogP contribution in [0.2, 0.25) is 0 Å². The molecule has 0 atom stereocenters. The Hall–Kier alpha value is -1.58. The lowest BCUT2D eigenvalue weighted by atomic mass is 9.92. The van der Waals surface area contributed by atoms with Crippen molar-refractivity contribution in [1.82, 2.24) is 4.57 Å². The molecule has 0 unspecified atom stereocenters. The molecule has 0 amide bonds. The highest BCUT2D eigenvalue weighted by Gasteiger charge is 2.23. The molecule has 1 heterocycles. The summed E-state index contributed by atoms with van der Waals surface area (Å²) in [4.78, 5) is 23.3. The Morgan fingerprint density at radius 1 is 1.22 bits per heavy atom. The topological polar surface area (TPSA) is 59.3 Å². The Kier molecular flexibility index (Phi) is 3.84. The Bertz CT molecular complexity index is 454. The summed E-state index contributed by atoms with van der Waals surface area (Å²) in [5, 5.41) is 8.98. The minimum Gasteiger partial charge on any atom is -0.477 e. The van der Waals surface area contributed by atoms with Crippen molar-refractivity contribution < 1.29 is 14.7 Å². The molecule has 98 valence electrons. The van der Waals surface area contributed by atoms with Gasteiger partial charge in [0.1, 0.15) is 5.69 Å². The number of nitrogens with zero attached hydrogens (tertiary/aromatic N) is 1. The van der Waals surface area contributed by atoms with Crippen LogP contribution in [0.3, 0.4) is 0 Å². The summed E-state index contributed by atoms with van der Waals surface area (Å²) < 4.78 is 1.51. The number of aromatic carboxylic acids is 1. The van der Waals surface area contributed by atoms with Crippen molar-refractivity contribution in [2.24, 2.45) is 13.0 Å². The van der Waals surface area contributed by atoms with Crippen molar-refractivity contribution in [3.8, 4) is 0 Å². The van der Waals surface area contributed by atoms with Gasteiger partial charge in [-0.1, -0.05) is 25.7 Å². The van der Waals surface area contributed by atoms with Crippen molar-refractivity contribution in [1.29, 1.82) is 0 Å². The van der Waals surface area contributed by atoms with Gasteiger partial charge >= 0.3 is 5.97 Å². The Balaban J connectivity index is 2.17. The summed E-state index contributed by atoms with van der Waals surface area (Å²) in [6, 6.07) is 1.50. The quantitative estimate of drug-likeness (QED) is 0.662. The summed E-state index contributed by atoms with van der Waals surface area (Å²) in [6.07, 6.45) is 8.14. The molecule has 0 bridgehead atoms. The van der Waals surface area contributed by atoms with Crippen LogP contribution in [0.1, 0.15) is 59.4 Å². The van der Waals surface area contributed by atoms with Gasteiger partial charge in [-0.3, -0.25) is 4.79 Å². The van der Waals surface area contributed by atoms with E-state index in [9.17, 15) is 9.59 Å². The van der Waals surface area contributed by atoms with Crippen LogP contribution in [0, 0.1) is 5.92 Å². The SMILES string of the molecule is Cn1cc(C(=O)C2CCCCCC2)cc1C(=O)O. The van der Waals surface area contributed by atoms with E-state index < -0.39 is 5.97 Å². The Morgan fingerprint density at radius 2 is 1.83 bits per heavy atom. The van der Waals surface area contributed by atoms with Crippen LogP contribution < -0.4 is 0 Å². The minimum absolute atomic E-state index is 0.0801. The van der Waals surface area contributed by atoms with Gasteiger partial charge in [0.05, 0.1) is 0 Å². The summed E-state index contributed by atoms with van der Waals surface area (Å²) in [6.45, 7) is 0. The van der Waals surface area contributed by atoms with Gasteiger partial charge in [0.25, 0.3) is 0 Å². The maximum absolute atomic E-state index is 12.3. The number of carboxylic acid groups (broad SMARTS) is 1. The van der Waals surface area contributed by atoms with Crippen LogP contribution in [0.5, 0.6) is 0 Å². The van der Waals surface area contributed by atoms with Crippen molar-refractivity contribution >= 4 is 11.8 Å². The highest BCUT2D eigenvalue weighted by Crippen LogP contribution is 2.26. The van der Waals surface area contributed by atoms with Crippen molar-refractivity contribution in [2.75, 3.05) is 0 Å². The molecule has 0 aliphatic heterocycles. The molecule has 1 saturated carbocycles. The molecule has 0 spiro atoms. The summed E-state index contributed by atoms with van der Waals surface area (Å²) >= 11 is 0. The number of carbonyl (C=O) groups is 2. The molecule has 2 rings (SSSR count). The number of aromatic nitrogens is 1. The third-order valence-electron chi connectivity index (χ3n) is 3.73. The molecule has 1 aromatic heterocycles. The molecule has 1 fully saturated rings. The first-order valence-corrected chi connectivity index (χ1v) is 6.53. The molecule has 1 aliphatic rings. The fourth-order valence-electron chi connectivity index (χ4n) is 2.69. The molecule has 4 heteroatoms. The normalized spacial score (nSPS) is 17.4. The predicted octanol–water partition coefficient (Wildman–Crippen LogP) is 2.88. The van der Waals surface area contributed by atoms with E-state index in [4.69, 9.17) is 5.11 Å². The number of aryl methyl sites for hydroxylation is 1. The number of carbonyl (C=O) groups excluding carboxylic acids is 1. The first-order chi connectivity index (χ1) is 8.59. The third-order valence-corrected chi connectivity index (χ3v) is 3.73. The standard InChI is InChI=1S/C14H19NO3/c1-15-9-11(8-12(15)14(17)18)13(16)10-6-4-2-3-5-7-10/h8-10H,2-7H2,1H3,(H,17,18). The van der Waals surface area contributed by atoms with E-state index in [2.05, 4.69) is 0 Å². The average molecular weight is 249 g/mol. The van der Waals surface area contributed by atoms with E-state index in [-0.39, 0.29) is 17.4 Å². The van der Waals surface area contributed by atoms with Crippen molar-refractivity contribution in [3.63, 3.8) is 0 Å². The molecule has 0 saturated heterocycles. The first-order valence-electron chi connectivity index (χ1n) is 6.53. The summed E-state index contributed by atoms with van der Waals surface area (Å²) in [7, 11) is 1.66. The van der Waals surface area contributed by atoms with Gasteiger partial charge in [0.2, 0.25) is 0 Å². The van der Waals surface area contributed by atoms with E-state index in [1.165, 1.54) is 23.5 Å². The number of hydrogen-bond donors (Lipinski definition) is 1. The number of hydrogen-bond acceptors (Lipinski definition) is 2. The van der Waals surface area contributed by atoms with E-state index in [0.717, 1.165) is 25.7 Å². The molecular formula is C14H19NO3. The number of carboxylic acids is 1. The number of Topliss-reactive ketones (excluding diaryl/α,β-unsaturated/α-hetero) is 1. The molecule has 0 aromatic carbocycles. The Labute approximate surface area is 107 Å². The van der Waals surface area contributed by atoms with Gasteiger partial charge in [-0.2, -0.15) is 0 Å². The smallest absolute Gasteiger partial charge is 0.352 e. The fourth-order valence-corrected chi connectivity index (χ4v) is 2.69. The van der Waals surface area contributed by atoms with Gasteiger partial charge in [-0.25, -0.2) is 4.79 Å². The molecule has 1 aliphatic carbocycles. The highest BCUT2D eigenvalue weighted by molar-refractivity contribution is 6.00.